The highest BCUT2D eigenvalue weighted by Gasteiger charge is 2.42. The Morgan fingerprint density at radius 3 is 2.63 bits per heavy atom. The molecule has 5 heteroatoms. The molecule has 0 spiro atoms. The number of hydrogen-bond donors (Lipinski definition) is 1. The van der Waals surface area contributed by atoms with Crippen LogP contribution in [0.5, 0.6) is 0 Å². The quantitative estimate of drug-likeness (QED) is 0.778. The maximum Gasteiger partial charge on any atom is 0.307 e. The number of nitrogens with zero attached hydrogens (tertiary/aromatic N) is 1. The smallest absolute Gasteiger partial charge is 0.307 e. The van der Waals surface area contributed by atoms with E-state index in [-0.39, 0.29) is 29.9 Å². The number of amides is 1. The van der Waals surface area contributed by atoms with E-state index in [4.69, 9.17) is 4.74 Å². The van der Waals surface area contributed by atoms with Crippen LogP contribution in [0.15, 0.2) is 0 Å². The van der Waals surface area contributed by atoms with Crippen LogP contribution in [0.4, 0.5) is 0 Å². The molecule has 0 bridgehead atoms. The summed E-state index contributed by atoms with van der Waals surface area (Å²) in [5.74, 6) is -0.364. The number of esters is 1. The molecule has 108 valence electrons. The standard InChI is InChI=1S/C14H24N2O3/c1-14(2)9-16(10-6-4-5-7-10)11(13(18)15-14)8-12(17)19-3/h10-11H,4-9H2,1-3H3,(H,15,18). The molecule has 0 aromatic rings. The second-order valence-corrected chi connectivity index (χ2v) is 6.28. The second-order valence-electron chi connectivity index (χ2n) is 6.28. The van der Waals surface area contributed by atoms with Gasteiger partial charge in [0.15, 0.2) is 0 Å². The van der Waals surface area contributed by atoms with Crippen LogP contribution >= 0.6 is 0 Å². The highest BCUT2D eigenvalue weighted by Crippen LogP contribution is 2.30. The Morgan fingerprint density at radius 2 is 2.05 bits per heavy atom. The summed E-state index contributed by atoms with van der Waals surface area (Å²) in [6.45, 7) is 4.85. The number of carbonyl (C=O) groups is 2. The van der Waals surface area contributed by atoms with Crippen molar-refractivity contribution in [2.45, 2.75) is 63.6 Å². The van der Waals surface area contributed by atoms with Gasteiger partial charge in [-0.1, -0.05) is 12.8 Å². The number of piperazine rings is 1. The molecule has 1 amide bonds. The van der Waals surface area contributed by atoms with Crippen LogP contribution in [0.1, 0.15) is 46.0 Å². The topological polar surface area (TPSA) is 58.6 Å². The van der Waals surface area contributed by atoms with Gasteiger partial charge in [-0.05, 0) is 26.7 Å². The molecule has 19 heavy (non-hydrogen) atoms. The summed E-state index contributed by atoms with van der Waals surface area (Å²) < 4.78 is 4.72. The first-order valence-electron chi connectivity index (χ1n) is 7.07. The molecule has 0 aromatic heterocycles. The first-order chi connectivity index (χ1) is 8.93. The molecule has 1 aliphatic carbocycles. The average molecular weight is 268 g/mol. The number of nitrogens with one attached hydrogen (secondary N) is 1. The number of ether oxygens (including phenoxy) is 1. The van der Waals surface area contributed by atoms with Crippen LogP contribution in [0.3, 0.4) is 0 Å². The Bertz CT molecular complexity index is 362. The zero-order chi connectivity index (χ0) is 14.0. The first kappa shape index (κ1) is 14.3. The van der Waals surface area contributed by atoms with Gasteiger partial charge in [0, 0.05) is 18.1 Å². The van der Waals surface area contributed by atoms with Gasteiger partial charge < -0.3 is 10.1 Å². The lowest BCUT2D eigenvalue weighted by molar-refractivity contribution is -0.148. The van der Waals surface area contributed by atoms with Crippen molar-refractivity contribution in [2.75, 3.05) is 13.7 Å². The third-order valence-corrected chi connectivity index (χ3v) is 4.12. The van der Waals surface area contributed by atoms with Crippen molar-refractivity contribution in [3.05, 3.63) is 0 Å². The van der Waals surface area contributed by atoms with Gasteiger partial charge in [-0.25, -0.2) is 0 Å². The molecule has 2 fully saturated rings. The maximum atomic E-state index is 12.3. The summed E-state index contributed by atoms with van der Waals surface area (Å²) in [6, 6.07) is 0.0588. The van der Waals surface area contributed by atoms with E-state index >= 15 is 0 Å². The fourth-order valence-corrected chi connectivity index (χ4v) is 3.24. The van der Waals surface area contributed by atoms with Crippen LogP contribution < -0.4 is 5.32 Å². The number of rotatable bonds is 3. The summed E-state index contributed by atoms with van der Waals surface area (Å²) in [5, 5.41) is 3.00. The van der Waals surface area contributed by atoms with E-state index in [1.165, 1.54) is 20.0 Å². The predicted molar refractivity (Wildman–Crippen MR) is 71.6 cm³/mol. The summed E-state index contributed by atoms with van der Waals surface area (Å²) in [6.07, 6.45) is 4.83. The lowest BCUT2D eigenvalue weighted by Gasteiger charge is -2.46. The molecule has 1 saturated heterocycles. The normalized spacial score (nSPS) is 28.2. The average Bonchev–Trinajstić information content (AvgIpc) is 2.84. The van der Waals surface area contributed by atoms with E-state index in [9.17, 15) is 9.59 Å². The molecular formula is C14H24N2O3. The Balaban J connectivity index is 2.15. The van der Waals surface area contributed by atoms with Gasteiger partial charge in [-0.2, -0.15) is 0 Å². The molecule has 1 N–H and O–H groups in total. The van der Waals surface area contributed by atoms with Gasteiger partial charge in [0.05, 0.1) is 19.6 Å². The SMILES string of the molecule is COC(=O)CC1C(=O)NC(C)(C)CN1C1CCCC1. The molecule has 0 radical (unpaired) electrons. The van der Waals surface area contributed by atoms with Crippen molar-refractivity contribution in [3.63, 3.8) is 0 Å². The Morgan fingerprint density at radius 1 is 1.42 bits per heavy atom. The van der Waals surface area contributed by atoms with Crippen LogP contribution in [0.25, 0.3) is 0 Å². The van der Waals surface area contributed by atoms with Crippen molar-refractivity contribution < 1.29 is 14.3 Å². The molecule has 5 nitrogen and oxygen atoms in total. The Hall–Kier alpha value is -1.10. The molecule has 1 aliphatic heterocycles. The highest BCUT2D eigenvalue weighted by atomic mass is 16.5. The molecule has 2 aliphatic rings. The second kappa shape index (κ2) is 5.49. The molecule has 1 saturated carbocycles. The van der Waals surface area contributed by atoms with Crippen molar-refractivity contribution in [2.24, 2.45) is 0 Å². The zero-order valence-corrected chi connectivity index (χ0v) is 12.1. The third kappa shape index (κ3) is 3.26. The van der Waals surface area contributed by atoms with Gasteiger partial charge in [0.2, 0.25) is 5.91 Å². The van der Waals surface area contributed by atoms with Crippen molar-refractivity contribution in [3.8, 4) is 0 Å². The lowest BCUT2D eigenvalue weighted by atomic mass is 9.94. The highest BCUT2D eigenvalue weighted by molar-refractivity contribution is 5.87. The minimum Gasteiger partial charge on any atom is -0.469 e. The fourth-order valence-electron chi connectivity index (χ4n) is 3.24. The predicted octanol–water partition coefficient (Wildman–Crippen LogP) is 1.07. The molecule has 1 heterocycles. The summed E-state index contributed by atoms with van der Waals surface area (Å²) in [4.78, 5) is 26.0. The number of carbonyl (C=O) groups excluding carboxylic acids is 2. The van der Waals surface area contributed by atoms with E-state index in [1.54, 1.807) is 0 Å². The van der Waals surface area contributed by atoms with Crippen LogP contribution in [-0.2, 0) is 14.3 Å². The zero-order valence-electron chi connectivity index (χ0n) is 12.1. The summed E-state index contributed by atoms with van der Waals surface area (Å²) in [5.41, 5.74) is -0.230. The van der Waals surface area contributed by atoms with Crippen molar-refractivity contribution in [1.29, 1.82) is 0 Å². The van der Waals surface area contributed by atoms with Gasteiger partial charge in [0.25, 0.3) is 0 Å². The maximum absolute atomic E-state index is 12.3. The Kier molecular flexibility index (Phi) is 4.13. The van der Waals surface area contributed by atoms with E-state index in [0.717, 1.165) is 19.4 Å². The van der Waals surface area contributed by atoms with Crippen LogP contribution in [0, 0.1) is 0 Å². The molecule has 0 aromatic carbocycles. The summed E-state index contributed by atoms with van der Waals surface area (Å²) in [7, 11) is 1.37. The number of hydrogen-bond acceptors (Lipinski definition) is 4. The largest absolute Gasteiger partial charge is 0.469 e. The third-order valence-electron chi connectivity index (χ3n) is 4.12. The minimum atomic E-state index is -0.372. The van der Waals surface area contributed by atoms with Gasteiger partial charge >= 0.3 is 5.97 Å². The number of methoxy groups -OCH3 is 1. The molecule has 1 unspecified atom stereocenters. The van der Waals surface area contributed by atoms with Crippen molar-refractivity contribution >= 4 is 11.9 Å². The fraction of sp³-hybridized carbons (Fsp3) is 0.857. The molecule has 1 atom stereocenters. The van der Waals surface area contributed by atoms with Gasteiger partial charge in [-0.3, -0.25) is 14.5 Å². The first-order valence-corrected chi connectivity index (χ1v) is 7.07. The summed E-state index contributed by atoms with van der Waals surface area (Å²) >= 11 is 0. The minimum absolute atomic E-state index is 0.0476. The van der Waals surface area contributed by atoms with E-state index in [0.29, 0.717) is 6.04 Å². The lowest BCUT2D eigenvalue weighted by Crippen LogP contribution is -2.66. The van der Waals surface area contributed by atoms with Crippen LogP contribution in [0.2, 0.25) is 0 Å². The van der Waals surface area contributed by atoms with E-state index in [1.807, 2.05) is 13.8 Å². The Labute approximate surface area is 114 Å². The monoisotopic (exact) mass is 268 g/mol. The van der Waals surface area contributed by atoms with Crippen LogP contribution in [-0.4, -0.2) is 48.1 Å². The molecule has 2 rings (SSSR count). The molecular weight excluding hydrogens is 244 g/mol. The van der Waals surface area contributed by atoms with Crippen molar-refractivity contribution in [1.82, 2.24) is 10.2 Å². The van der Waals surface area contributed by atoms with E-state index < -0.39 is 0 Å². The van der Waals surface area contributed by atoms with E-state index in [2.05, 4.69) is 10.2 Å². The van der Waals surface area contributed by atoms with Gasteiger partial charge in [-0.15, -0.1) is 0 Å². The van der Waals surface area contributed by atoms with Gasteiger partial charge in [0.1, 0.15) is 0 Å².